The lowest BCUT2D eigenvalue weighted by molar-refractivity contribution is 0.385. The summed E-state index contributed by atoms with van der Waals surface area (Å²) in [7, 11) is 1.33. The Kier molecular flexibility index (Phi) is 4.78. The molecule has 3 N–H and O–H groups in total. The highest BCUT2D eigenvalue weighted by atomic mass is 19.1. The van der Waals surface area contributed by atoms with Gasteiger partial charge in [-0.05, 0) is 24.6 Å². The van der Waals surface area contributed by atoms with Crippen molar-refractivity contribution in [3.8, 4) is 5.75 Å². The van der Waals surface area contributed by atoms with Crippen molar-refractivity contribution in [1.82, 2.24) is 15.0 Å². The molecule has 11 heteroatoms. The number of hydrogen-bond donors (Lipinski definition) is 3. The van der Waals surface area contributed by atoms with Crippen LogP contribution in [0.1, 0.15) is 5.56 Å². The van der Waals surface area contributed by atoms with Crippen LogP contribution in [0.5, 0.6) is 5.75 Å². The summed E-state index contributed by atoms with van der Waals surface area (Å²) in [4.78, 5) is 21.4. The Morgan fingerprint density at radius 2 is 1.83 bits per heavy atom. The minimum Gasteiger partial charge on any atom is -0.494 e. The van der Waals surface area contributed by atoms with Gasteiger partial charge in [-0.25, -0.2) is 22.9 Å². The summed E-state index contributed by atoms with van der Waals surface area (Å²) in [6.45, 7) is 1.56. The maximum Gasteiger partial charge on any atom is 0.417 e. The summed E-state index contributed by atoms with van der Waals surface area (Å²) < 4.78 is 51.9. The summed E-state index contributed by atoms with van der Waals surface area (Å²) in [5, 5.41) is 5.46. The molecule has 0 saturated heterocycles. The van der Waals surface area contributed by atoms with Gasteiger partial charge in [-0.3, -0.25) is 4.98 Å². The lowest BCUT2D eigenvalue weighted by atomic mass is 10.2. The Morgan fingerprint density at radius 3 is 2.60 bits per heavy atom. The standard InChI is InChI=1S/C19H14F3N5O3/c1-8-3-9(6-14(29-2)15(8)22)25-18-23-7-12(21)17(27-18)24-10-4-11(20)16-13(5-10)26-19(28)30-16/h3-7H,1-2H3,(H,26,28)(H2,23,24,25,27). The lowest BCUT2D eigenvalue weighted by Gasteiger charge is -2.12. The zero-order chi connectivity index (χ0) is 21.4. The van der Waals surface area contributed by atoms with Gasteiger partial charge in [0.15, 0.2) is 34.6 Å². The van der Waals surface area contributed by atoms with E-state index in [0.29, 0.717) is 11.3 Å². The fourth-order valence-electron chi connectivity index (χ4n) is 2.83. The Morgan fingerprint density at radius 1 is 1.07 bits per heavy atom. The van der Waals surface area contributed by atoms with Crippen LogP contribution in [0.4, 0.5) is 36.3 Å². The average Bonchev–Trinajstić information content (AvgIpc) is 3.08. The van der Waals surface area contributed by atoms with Crippen LogP contribution in [0, 0.1) is 24.4 Å². The third-order valence-corrected chi connectivity index (χ3v) is 4.18. The molecule has 8 nitrogen and oxygen atoms in total. The maximum absolute atomic E-state index is 14.2. The number of nitrogens with zero attached hydrogens (tertiary/aromatic N) is 2. The second-order valence-corrected chi connectivity index (χ2v) is 6.30. The fraction of sp³-hybridized carbons (Fsp3) is 0.105. The molecule has 0 saturated carbocycles. The third kappa shape index (κ3) is 3.64. The number of hydrogen-bond acceptors (Lipinski definition) is 7. The van der Waals surface area contributed by atoms with E-state index in [4.69, 9.17) is 4.74 Å². The molecule has 4 aromatic rings. The molecule has 30 heavy (non-hydrogen) atoms. The summed E-state index contributed by atoms with van der Waals surface area (Å²) in [6.07, 6.45) is 0.917. The highest BCUT2D eigenvalue weighted by molar-refractivity contribution is 5.79. The first kappa shape index (κ1) is 19.3. The van der Waals surface area contributed by atoms with Crippen LogP contribution >= 0.6 is 0 Å². The van der Waals surface area contributed by atoms with E-state index in [1.807, 2.05) is 0 Å². The Bertz CT molecular complexity index is 1320. The normalized spacial score (nSPS) is 11.0. The monoisotopic (exact) mass is 417 g/mol. The second kappa shape index (κ2) is 7.43. The highest BCUT2D eigenvalue weighted by Gasteiger charge is 2.14. The number of methoxy groups -OCH3 is 1. The van der Waals surface area contributed by atoms with Gasteiger partial charge in [-0.15, -0.1) is 0 Å². The minimum absolute atomic E-state index is 0.00484. The molecule has 0 aliphatic heterocycles. The molecule has 2 aromatic carbocycles. The van der Waals surface area contributed by atoms with Crippen LogP contribution in [0.25, 0.3) is 11.1 Å². The molecule has 0 bridgehead atoms. The molecule has 4 rings (SSSR count). The first-order valence-electron chi connectivity index (χ1n) is 8.57. The Labute approximate surface area is 166 Å². The summed E-state index contributed by atoms with van der Waals surface area (Å²) in [6, 6.07) is 5.31. The average molecular weight is 417 g/mol. The molecule has 0 fully saturated rings. The molecule has 0 atom stereocenters. The number of rotatable bonds is 5. The van der Waals surface area contributed by atoms with Crippen LogP contribution in [-0.4, -0.2) is 22.1 Å². The molecule has 0 radical (unpaired) electrons. The SMILES string of the molecule is COc1cc(Nc2ncc(F)c(Nc3cc(F)c4oc(=O)[nH]c4c3)n2)cc(C)c1F. The predicted octanol–water partition coefficient (Wildman–Crippen LogP) is 4.13. The number of oxazole rings is 1. The molecular formula is C19H14F3N5O3. The number of aromatic nitrogens is 3. The lowest BCUT2D eigenvalue weighted by Crippen LogP contribution is -2.04. The number of ether oxygens (including phenoxy) is 1. The van der Waals surface area contributed by atoms with Crippen molar-refractivity contribution in [2.45, 2.75) is 6.92 Å². The number of halogens is 3. The van der Waals surface area contributed by atoms with E-state index in [0.717, 1.165) is 12.3 Å². The molecule has 0 amide bonds. The van der Waals surface area contributed by atoms with Crippen molar-refractivity contribution in [2.24, 2.45) is 0 Å². The quantitative estimate of drug-likeness (QED) is 0.448. The highest BCUT2D eigenvalue weighted by Crippen LogP contribution is 2.28. The zero-order valence-electron chi connectivity index (χ0n) is 15.6. The van der Waals surface area contributed by atoms with E-state index in [9.17, 15) is 18.0 Å². The van der Waals surface area contributed by atoms with Gasteiger partial charge in [0.05, 0.1) is 18.8 Å². The summed E-state index contributed by atoms with van der Waals surface area (Å²) in [5.74, 6) is -3.14. The van der Waals surface area contributed by atoms with Crippen molar-refractivity contribution in [1.29, 1.82) is 0 Å². The van der Waals surface area contributed by atoms with Gasteiger partial charge in [-0.2, -0.15) is 4.98 Å². The van der Waals surface area contributed by atoms with Crippen LogP contribution in [0.3, 0.4) is 0 Å². The van der Waals surface area contributed by atoms with E-state index in [-0.39, 0.29) is 34.3 Å². The third-order valence-electron chi connectivity index (χ3n) is 4.18. The van der Waals surface area contributed by atoms with Crippen molar-refractivity contribution in [3.63, 3.8) is 0 Å². The van der Waals surface area contributed by atoms with Crippen molar-refractivity contribution < 1.29 is 22.3 Å². The summed E-state index contributed by atoms with van der Waals surface area (Å²) in [5.41, 5.74) is 0.739. The van der Waals surface area contributed by atoms with E-state index >= 15 is 0 Å². The smallest absolute Gasteiger partial charge is 0.417 e. The van der Waals surface area contributed by atoms with Crippen molar-refractivity contribution in [2.75, 3.05) is 17.7 Å². The van der Waals surface area contributed by atoms with Crippen molar-refractivity contribution >= 4 is 34.2 Å². The van der Waals surface area contributed by atoms with E-state index < -0.39 is 23.2 Å². The number of fused-ring (bicyclic) bond motifs is 1. The minimum atomic E-state index is -0.814. The topological polar surface area (TPSA) is 105 Å². The van der Waals surface area contributed by atoms with Gasteiger partial charge in [0.25, 0.3) is 0 Å². The van der Waals surface area contributed by atoms with Gasteiger partial charge in [-0.1, -0.05) is 0 Å². The van der Waals surface area contributed by atoms with Gasteiger partial charge < -0.3 is 19.8 Å². The molecule has 0 aliphatic carbocycles. The van der Waals surface area contributed by atoms with Crippen LogP contribution in [0.2, 0.25) is 0 Å². The van der Waals surface area contributed by atoms with Gasteiger partial charge >= 0.3 is 5.76 Å². The Balaban J connectivity index is 1.64. The zero-order valence-corrected chi connectivity index (χ0v) is 15.6. The van der Waals surface area contributed by atoms with Gasteiger partial charge in [0, 0.05) is 23.5 Å². The first-order valence-corrected chi connectivity index (χ1v) is 8.57. The molecule has 2 aromatic heterocycles. The molecule has 2 heterocycles. The Hall–Kier alpha value is -4.02. The number of H-pyrrole nitrogens is 1. The molecular weight excluding hydrogens is 403 g/mol. The van der Waals surface area contributed by atoms with Crippen LogP contribution in [0.15, 0.2) is 39.7 Å². The fourth-order valence-corrected chi connectivity index (χ4v) is 2.83. The largest absolute Gasteiger partial charge is 0.494 e. The van der Waals surface area contributed by atoms with E-state index in [1.165, 1.54) is 25.3 Å². The van der Waals surface area contributed by atoms with Crippen LogP contribution < -0.4 is 21.1 Å². The predicted molar refractivity (Wildman–Crippen MR) is 103 cm³/mol. The first-order chi connectivity index (χ1) is 14.3. The molecule has 0 spiro atoms. The summed E-state index contributed by atoms with van der Waals surface area (Å²) >= 11 is 0. The number of anilines is 4. The number of benzene rings is 2. The second-order valence-electron chi connectivity index (χ2n) is 6.30. The maximum atomic E-state index is 14.2. The number of aryl methyl sites for hydroxylation is 1. The van der Waals surface area contributed by atoms with E-state index in [1.54, 1.807) is 6.92 Å². The molecule has 0 aliphatic rings. The van der Waals surface area contributed by atoms with Gasteiger partial charge in [0.2, 0.25) is 5.95 Å². The molecule has 154 valence electrons. The number of aromatic amines is 1. The molecule has 0 unspecified atom stereocenters. The number of nitrogens with one attached hydrogen (secondary N) is 3. The van der Waals surface area contributed by atoms with E-state index in [2.05, 4.69) is 30.0 Å². The van der Waals surface area contributed by atoms with Gasteiger partial charge in [0.1, 0.15) is 0 Å². The van der Waals surface area contributed by atoms with Crippen molar-refractivity contribution in [3.05, 3.63) is 64.0 Å². The van der Waals surface area contributed by atoms with Crippen LogP contribution in [-0.2, 0) is 0 Å².